The van der Waals surface area contributed by atoms with Gasteiger partial charge in [-0.2, -0.15) is 0 Å². The van der Waals surface area contributed by atoms with Crippen LogP contribution in [0.1, 0.15) is 35.1 Å². The van der Waals surface area contributed by atoms with E-state index >= 15 is 0 Å². The molecule has 5 nitrogen and oxygen atoms in total. The first kappa shape index (κ1) is 16.9. The van der Waals surface area contributed by atoms with E-state index in [0.29, 0.717) is 12.4 Å². The van der Waals surface area contributed by atoms with Gasteiger partial charge in [0.25, 0.3) is 5.91 Å². The molecule has 3 aromatic rings. The molecule has 3 rings (SSSR count). The zero-order valence-electron chi connectivity index (χ0n) is 14.8. The topological polar surface area (TPSA) is 59.8 Å². The van der Waals surface area contributed by atoms with Gasteiger partial charge >= 0.3 is 0 Å². The van der Waals surface area contributed by atoms with Crippen LogP contribution < -0.4 is 5.32 Å². The Balaban J connectivity index is 2.13. The number of nitrogens with zero attached hydrogens (tertiary/aromatic N) is 3. The van der Waals surface area contributed by atoms with E-state index in [1.165, 1.54) is 0 Å². The highest BCUT2D eigenvalue weighted by molar-refractivity contribution is 5.91. The van der Waals surface area contributed by atoms with Gasteiger partial charge < -0.3 is 5.32 Å². The molecule has 128 valence electrons. The highest BCUT2D eigenvalue weighted by atomic mass is 16.2. The van der Waals surface area contributed by atoms with Crippen molar-refractivity contribution in [2.45, 2.75) is 27.2 Å². The van der Waals surface area contributed by atoms with Crippen molar-refractivity contribution >= 4 is 5.91 Å². The zero-order valence-corrected chi connectivity index (χ0v) is 14.8. The highest BCUT2D eigenvalue weighted by Crippen LogP contribution is 2.23. The molecule has 1 amide bonds. The Morgan fingerprint density at radius 2 is 1.92 bits per heavy atom. The third-order valence-corrected chi connectivity index (χ3v) is 3.97. The second-order valence-corrected chi connectivity index (χ2v) is 6.08. The Labute approximate surface area is 147 Å². The number of nitrogens with one attached hydrogen (secondary N) is 1. The number of carbonyl (C=O) groups excluding carboxylic acids is 1. The van der Waals surface area contributed by atoms with Crippen molar-refractivity contribution < 1.29 is 4.79 Å². The van der Waals surface area contributed by atoms with E-state index in [1.807, 2.05) is 69.3 Å². The lowest BCUT2D eigenvalue weighted by Gasteiger charge is -2.09. The van der Waals surface area contributed by atoms with Crippen molar-refractivity contribution in [3.05, 3.63) is 65.5 Å². The molecule has 0 saturated carbocycles. The van der Waals surface area contributed by atoms with Crippen LogP contribution in [-0.2, 0) is 0 Å². The maximum Gasteiger partial charge on any atom is 0.290 e. The summed E-state index contributed by atoms with van der Waals surface area (Å²) in [5.41, 5.74) is 4.06. The van der Waals surface area contributed by atoms with E-state index in [-0.39, 0.29) is 11.7 Å². The highest BCUT2D eigenvalue weighted by Gasteiger charge is 2.19. The van der Waals surface area contributed by atoms with Gasteiger partial charge in [-0.1, -0.05) is 48.9 Å². The van der Waals surface area contributed by atoms with Gasteiger partial charge in [0.15, 0.2) is 5.82 Å². The van der Waals surface area contributed by atoms with E-state index in [2.05, 4.69) is 15.4 Å². The first-order chi connectivity index (χ1) is 12.1. The number of rotatable bonds is 5. The van der Waals surface area contributed by atoms with Crippen LogP contribution in [-0.4, -0.2) is 27.2 Å². The Morgan fingerprint density at radius 1 is 1.12 bits per heavy atom. The molecular weight excluding hydrogens is 312 g/mol. The molecule has 0 aliphatic rings. The molecule has 25 heavy (non-hydrogen) atoms. The average molecular weight is 334 g/mol. The molecule has 0 spiro atoms. The van der Waals surface area contributed by atoms with Crippen LogP contribution in [0.5, 0.6) is 0 Å². The van der Waals surface area contributed by atoms with Gasteiger partial charge in [0.05, 0.1) is 5.69 Å². The van der Waals surface area contributed by atoms with Crippen LogP contribution in [0.15, 0.2) is 48.5 Å². The third-order valence-electron chi connectivity index (χ3n) is 3.97. The van der Waals surface area contributed by atoms with Crippen LogP contribution in [0, 0.1) is 13.8 Å². The molecule has 0 radical (unpaired) electrons. The molecule has 0 unspecified atom stereocenters. The Morgan fingerprint density at radius 3 is 2.64 bits per heavy atom. The summed E-state index contributed by atoms with van der Waals surface area (Å²) in [6, 6.07) is 16.0. The van der Waals surface area contributed by atoms with Gasteiger partial charge in [0.2, 0.25) is 5.82 Å². The third kappa shape index (κ3) is 3.60. The van der Waals surface area contributed by atoms with E-state index < -0.39 is 0 Å². The van der Waals surface area contributed by atoms with Crippen molar-refractivity contribution in [2.24, 2.45) is 0 Å². The number of hydrogen-bond acceptors (Lipinski definition) is 3. The summed E-state index contributed by atoms with van der Waals surface area (Å²) in [6.07, 6.45) is 0.870. The number of para-hydroxylation sites is 1. The summed E-state index contributed by atoms with van der Waals surface area (Å²) in [5, 5.41) is 7.33. The second kappa shape index (κ2) is 7.30. The van der Waals surface area contributed by atoms with E-state index in [0.717, 1.165) is 28.8 Å². The predicted molar refractivity (Wildman–Crippen MR) is 98.9 cm³/mol. The predicted octanol–water partition coefficient (Wildman–Crippen LogP) is 3.69. The molecule has 1 aromatic heterocycles. The Kier molecular flexibility index (Phi) is 4.93. The summed E-state index contributed by atoms with van der Waals surface area (Å²) in [6.45, 7) is 6.68. The zero-order chi connectivity index (χ0) is 17.8. The molecule has 0 bridgehead atoms. The number of aromatic nitrogens is 3. The lowest BCUT2D eigenvalue weighted by Crippen LogP contribution is -2.25. The standard InChI is InChI=1S/C20H22N4O/c1-4-12-21-20(25)18-22-19(16-10-7-8-14(2)13-16)24(23-18)17-11-6-5-9-15(17)3/h5-11,13H,4,12H2,1-3H3,(H,21,25). The number of carbonyl (C=O) groups is 1. The summed E-state index contributed by atoms with van der Waals surface area (Å²) < 4.78 is 1.75. The number of benzene rings is 2. The van der Waals surface area contributed by atoms with Crippen LogP contribution in [0.3, 0.4) is 0 Å². The summed E-state index contributed by atoms with van der Waals surface area (Å²) in [7, 11) is 0. The maximum absolute atomic E-state index is 12.3. The molecule has 5 heteroatoms. The lowest BCUT2D eigenvalue weighted by atomic mass is 10.1. The molecule has 0 aliphatic heterocycles. The molecule has 0 fully saturated rings. The van der Waals surface area contributed by atoms with Gasteiger partial charge in [-0.25, -0.2) is 9.67 Å². The SMILES string of the molecule is CCCNC(=O)c1nc(-c2cccc(C)c2)n(-c2ccccc2C)n1. The fraction of sp³-hybridized carbons (Fsp3) is 0.250. The van der Waals surface area contributed by atoms with Crippen LogP contribution in [0.4, 0.5) is 0 Å². The van der Waals surface area contributed by atoms with Crippen LogP contribution in [0.2, 0.25) is 0 Å². The summed E-state index contributed by atoms with van der Waals surface area (Å²) in [4.78, 5) is 16.9. The smallest absolute Gasteiger partial charge is 0.290 e. The molecule has 0 atom stereocenters. The number of aryl methyl sites for hydroxylation is 2. The number of amides is 1. The van der Waals surface area contributed by atoms with Gasteiger partial charge in [-0.15, -0.1) is 5.10 Å². The lowest BCUT2D eigenvalue weighted by molar-refractivity contribution is 0.0943. The first-order valence-corrected chi connectivity index (χ1v) is 8.48. The normalized spacial score (nSPS) is 10.7. The Bertz CT molecular complexity index is 898. The fourth-order valence-corrected chi connectivity index (χ4v) is 2.67. The minimum absolute atomic E-state index is 0.188. The average Bonchev–Trinajstić information content (AvgIpc) is 3.05. The van der Waals surface area contributed by atoms with Crippen LogP contribution in [0.25, 0.3) is 17.1 Å². The van der Waals surface area contributed by atoms with E-state index in [1.54, 1.807) is 4.68 Å². The molecular formula is C20H22N4O. The second-order valence-electron chi connectivity index (χ2n) is 6.08. The fourth-order valence-electron chi connectivity index (χ4n) is 2.67. The molecule has 1 N–H and O–H groups in total. The molecule has 0 aliphatic carbocycles. The van der Waals surface area contributed by atoms with Crippen molar-refractivity contribution in [3.63, 3.8) is 0 Å². The molecule has 2 aromatic carbocycles. The van der Waals surface area contributed by atoms with Crippen LogP contribution >= 0.6 is 0 Å². The van der Waals surface area contributed by atoms with Gasteiger partial charge in [-0.3, -0.25) is 4.79 Å². The van der Waals surface area contributed by atoms with Gasteiger partial charge in [0.1, 0.15) is 0 Å². The van der Waals surface area contributed by atoms with Crippen molar-refractivity contribution in [1.82, 2.24) is 20.1 Å². The van der Waals surface area contributed by atoms with E-state index in [9.17, 15) is 4.79 Å². The maximum atomic E-state index is 12.3. The first-order valence-electron chi connectivity index (χ1n) is 8.48. The van der Waals surface area contributed by atoms with Crippen molar-refractivity contribution in [2.75, 3.05) is 6.54 Å². The Hall–Kier alpha value is -2.95. The monoisotopic (exact) mass is 334 g/mol. The molecule has 1 heterocycles. The molecule has 0 saturated heterocycles. The van der Waals surface area contributed by atoms with Gasteiger partial charge in [-0.05, 0) is 38.0 Å². The summed E-state index contributed by atoms with van der Waals surface area (Å²) >= 11 is 0. The summed E-state index contributed by atoms with van der Waals surface area (Å²) in [5.74, 6) is 0.607. The minimum atomic E-state index is -0.247. The minimum Gasteiger partial charge on any atom is -0.349 e. The van der Waals surface area contributed by atoms with E-state index in [4.69, 9.17) is 0 Å². The number of hydrogen-bond donors (Lipinski definition) is 1. The van der Waals surface area contributed by atoms with Crippen molar-refractivity contribution in [1.29, 1.82) is 0 Å². The van der Waals surface area contributed by atoms with Crippen molar-refractivity contribution in [3.8, 4) is 17.1 Å². The van der Waals surface area contributed by atoms with Gasteiger partial charge in [0, 0.05) is 12.1 Å². The largest absolute Gasteiger partial charge is 0.349 e. The quantitative estimate of drug-likeness (QED) is 0.774.